The Hall–Kier alpha value is -1.75. The molecule has 1 aromatic rings. The molecule has 0 aliphatic heterocycles. The normalized spacial score (nSPS) is 21.6. The number of nitrogens with zero attached hydrogens (tertiary/aromatic N) is 1. The van der Waals surface area contributed by atoms with Gasteiger partial charge in [-0.25, -0.2) is 4.79 Å². The van der Waals surface area contributed by atoms with Gasteiger partial charge in [0.25, 0.3) is 0 Å². The van der Waals surface area contributed by atoms with Crippen LogP contribution in [0.3, 0.4) is 0 Å². The molecule has 0 unspecified atom stereocenters. The minimum atomic E-state index is -0.0930. The quantitative estimate of drug-likeness (QED) is 0.780. The van der Waals surface area contributed by atoms with Gasteiger partial charge in [-0.1, -0.05) is 12.1 Å². The molecular formula is C17H27N3O2. The van der Waals surface area contributed by atoms with Crippen LogP contribution < -0.4 is 10.6 Å². The van der Waals surface area contributed by atoms with E-state index in [9.17, 15) is 9.90 Å². The van der Waals surface area contributed by atoms with Crippen molar-refractivity contribution in [3.63, 3.8) is 0 Å². The summed E-state index contributed by atoms with van der Waals surface area (Å²) < 4.78 is 0. The van der Waals surface area contributed by atoms with E-state index in [1.54, 1.807) is 12.1 Å². The summed E-state index contributed by atoms with van der Waals surface area (Å²) in [5.74, 6) is 0.263. The van der Waals surface area contributed by atoms with Crippen LogP contribution in [0.1, 0.15) is 31.2 Å². The zero-order valence-corrected chi connectivity index (χ0v) is 13.5. The highest BCUT2D eigenvalue weighted by Gasteiger charge is 2.24. The minimum Gasteiger partial charge on any atom is -0.508 e. The van der Waals surface area contributed by atoms with Crippen LogP contribution >= 0.6 is 0 Å². The first-order valence-electron chi connectivity index (χ1n) is 8.03. The lowest BCUT2D eigenvalue weighted by Gasteiger charge is -2.33. The molecule has 122 valence electrons. The zero-order chi connectivity index (χ0) is 15.9. The lowest BCUT2D eigenvalue weighted by molar-refractivity contribution is 0.193. The number of hydrogen-bond acceptors (Lipinski definition) is 3. The number of hydrogen-bond donors (Lipinski definition) is 3. The lowest BCUT2D eigenvalue weighted by atomic mass is 9.90. The predicted molar refractivity (Wildman–Crippen MR) is 88.1 cm³/mol. The molecule has 0 radical (unpaired) electrons. The van der Waals surface area contributed by atoms with E-state index >= 15 is 0 Å². The fourth-order valence-electron chi connectivity index (χ4n) is 3.03. The largest absolute Gasteiger partial charge is 0.508 e. The molecule has 0 spiro atoms. The van der Waals surface area contributed by atoms with E-state index < -0.39 is 0 Å². The molecule has 1 aliphatic carbocycles. The fourth-order valence-corrected chi connectivity index (χ4v) is 3.03. The Morgan fingerprint density at radius 2 is 2.18 bits per heavy atom. The van der Waals surface area contributed by atoms with Gasteiger partial charge >= 0.3 is 6.03 Å². The molecule has 0 bridgehead atoms. The Labute approximate surface area is 132 Å². The number of nitrogens with one attached hydrogen (secondary N) is 2. The third kappa shape index (κ3) is 5.22. The second kappa shape index (κ2) is 8.03. The monoisotopic (exact) mass is 305 g/mol. The number of carbonyl (C=O) groups excluding carboxylic acids is 1. The Balaban J connectivity index is 1.69. The molecule has 0 heterocycles. The Morgan fingerprint density at radius 3 is 2.91 bits per heavy atom. The van der Waals surface area contributed by atoms with Crippen LogP contribution in [-0.2, 0) is 6.42 Å². The molecule has 3 N–H and O–H groups in total. The maximum atomic E-state index is 12.0. The van der Waals surface area contributed by atoms with Crippen molar-refractivity contribution in [3.8, 4) is 5.75 Å². The van der Waals surface area contributed by atoms with Crippen molar-refractivity contribution < 1.29 is 9.90 Å². The number of phenols is 1. The van der Waals surface area contributed by atoms with Gasteiger partial charge in [0.1, 0.15) is 5.75 Å². The highest BCUT2D eigenvalue weighted by atomic mass is 16.3. The van der Waals surface area contributed by atoms with Crippen molar-refractivity contribution in [2.45, 2.75) is 44.2 Å². The van der Waals surface area contributed by atoms with Crippen LogP contribution in [0, 0.1) is 0 Å². The number of rotatable bonds is 5. The third-order valence-corrected chi connectivity index (χ3v) is 4.32. The summed E-state index contributed by atoms with van der Waals surface area (Å²) in [5.41, 5.74) is 1.02. The molecule has 2 rings (SSSR count). The summed E-state index contributed by atoms with van der Waals surface area (Å²) in [7, 11) is 4.20. The number of aromatic hydroxyl groups is 1. The molecular weight excluding hydrogens is 278 g/mol. The van der Waals surface area contributed by atoms with Gasteiger partial charge < -0.3 is 20.6 Å². The predicted octanol–water partition coefficient (Wildman–Crippen LogP) is 2.11. The van der Waals surface area contributed by atoms with Crippen molar-refractivity contribution >= 4 is 6.03 Å². The lowest BCUT2D eigenvalue weighted by Crippen LogP contribution is -2.47. The highest BCUT2D eigenvalue weighted by molar-refractivity contribution is 5.74. The van der Waals surface area contributed by atoms with Crippen molar-refractivity contribution in [1.29, 1.82) is 0 Å². The molecule has 5 heteroatoms. The van der Waals surface area contributed by atoms with Gasteiger partial charge in [-0.2, -0.15) is 0 Å². The van der Waals surface area contributed by atoms with E-state index in [4.69, 9.17) is 0 Å². The van der Waals surface area contributed by atoms with Crippen molar-refractivity contribution in [2.24, 2.45) is 0 Å². The van der Waals surface area contributed by atoms with E-state index in [1.807, 2.05) is 12.1 Å². The van der Waals surface area contributed by atoms with Crippen LogP contribution in [0.5, 0.6) is 5.75 Å². The van der Waals surface area contributed by atoms with Gasteiger partial charge in [-0.3, -0.25) is 0 Å². The molecule has 1 fully saturated rings. The second-order valence-electron chi connectivity index (χ2n) is 6.30. The molecule has 1 aromatic carbocycles. The van der Waals surface area contributed by atoms with Gasteiger partial charge in [-0.15, -0.1) is 0 Å². The number of carbonyl (C=O) groups is 1. The minimum absolute atomic E-state index is 0.0930. The molecule has 2 amide bonds. The van der Waals surface area contributed by atoms with E-state index in [1.165, 1.54) is 6.42 Å². The molecule has 2 atom stereocenters. The summed E-state index contributed by atoms with van der Waals surface area (Å²) in [4.78, 5) is 14.2. The Bertz CT molecular complexity index is 491. The molecule has 0 aromatic heterocycles. The van der Waals surface area contributed by atoms with Gasteiger partial charge in [0.05, 0.1) is 0 Å². The average Bonchev–Trinajstić information content (AvgIpc) is 2.47. The fraction of sp³-hybridized carbons (Fsp3) is 0.588. The van der Waals surface area contributed by atoms with Crippen molar-refractivity contribution in [1.82, 2.24) is 15.5 Å². The molecule has 1 aliphatic rings. The average molecular weight is 305 g/mol. The van der Waals surface area contributed by atoms with Crippen LogP contribution in [-0.4, -0.2) is 48.8 Å². The number of amides is 2. The number of urea groups is 1. The first-order chi connectivity index (χ1) is 10.5. The third-order valence-electron chi connectivity index (χ3n) is 4.32. The molecule has 22 heavy (non-hydrogen) atoms. The van der Waals surface area contributed by atoms with Gasteiger partial charge in [0.2, 0.25) is 0 Å². The Kier molecular flexibility index (Phi) is 6.07. The molecule has 1 saturated carbocycles. The van der Waals surface area contributed by atoms with Crippen molar-refractivity contribution in [2.75, 3.05) is 20.6 Å². The van der Waals surface area contributed by atoms with Crippen molar-refractivity contribution in [3.05, 3.63) is 29.8 Å². The summed E-state index contributed by atoms with van der Waals surface area (Å²) in [6, 6.07) is 7.87. The first kappa shape index (κ1) is 16.6. The van der Waals surface area contributed by atoms with Gasteiger partial charge in [0, 0.05) is 18.6 Å². The SMILES string of the molecule is CN(C)[C@H]1CCC[C@@H](NC(=O)NCCc2cccc(O)c2)C1. The maximum absolute atomic E-state index is 12.0. The van der Waals surface area contributed by atoms with Crippen LogP contribution in [0.4, 0.5) is 4.79 Å². The maximum Gasteiger partial charge on any atom is 0.315 e. The summed E-state index contributed by atoms with van der Waals surface area (Å²) in [6.45, 7) is 0.569. The highest BCUT2D eigenvalue weighted by Crippen LogP contribution is 2.21. The number of benzene rings is 1. The van der Waals surface area contributed by atoms with E-state index in [0.29, 0.717) is 19.0 Å². The van der Waals surface area contributed by atoms with Gasteiger partial charge in [-0.05, 0) is 63.9 Å². The summed E-state index contributed by atoms with van der Waals surface area (Å²) >= 11 is 0. The molecule has 0 saturated heterocycles. The standard InChI is InChI=1S/C17H27N3O2/c1-20(2)15-7-4-6-14(12-15)19-17(22)18-10-9-13-5-3-8-16(21)11-13/h3,5,8,11,14-15,21H,4,6-7,9-10,12H2,1-2H3,(H2,18,19,22)/t14-,15+/m1/s1. The van der Waals surface area contributed by atoms with E-state index in [0.717, 1.165) is 24.8 Å². The Morgan fingerprint density at radius 1 is 1.36 bits per heavy atom. The topological polar surface area (TPSA) is 64.6 Å². The first-order valence-corrected chi connectivity index (χ1v) is 8.03. The van der Waals surface area contributed by atoms with E-state index in [-0.39, 0.29) is 17.8 Å². The second-order valence-corrected chi connectivity index (χ2v) is 6.30. The molecule has 5 nitrogen and oxygen atoms in total. The zero-order valence-electron chi connectivity index (χ0n) is 13.5. The van der Waals surface area contributed by atoms with Crippen LogP contribution in [0.15, 0.2) is 24.3 Å². The van der Waals surface area contributed by atoms with Gasteiger partial charge in [0.15, 0.2) is 0 Å². The summed E-state index contributed by atoms with van der Waals surface area (Å²) in [6.07, 6.45) is 5.17. The smallest absolute Gasteiger partial charge is 0.315 e. The number of phenolic OH excluding ortho intramolecular Hbond substituents is 1. The van der Waals surface area contributed by atoms with Crippen LogP contribution in [0.2, 0.25) is 0 Å². The summed E-state index contributed by atoms with van der Waals surface area (Å²) in [5, 5.41) is 15.4. The van der Waals surface area contributed by atoms with E-state index in [2.05, 4.69) is 29.6 Å². The van der Waals surface area contributed by atoms with Crippen LogP contribution in [0.25, 0.3) is 0 Å².